The van der Waals surface area contributed by atoms with Gasteiger partial charge in [-0.15, -0.1) is 0 Å². The Morgan fingerprint density at radius 2 is 1.82 bits per heavy atom. The Kier molecular flexibility index (Phi) is 4.26. The third-order valence-corrected chi connectivity index (χ3v) is 1.63. The summed E-state index contributed by atoms with van der Waals surface area (Å²) in [6, 6.07) is 4.13. The minimum absolute atomic E-state index is 0.00389. The van der Waals surface area contributed by atoms with Gasteiger partial charge in [0.25, 0.3) is 0 Å². The largest absolute Gasteiger partial charge is 0.290 e. The molecule has 0 heterocycles. The van der Waals surface area contributed by atoms with Crippen LogP contribution in [0.5, 0.6) is 0 Å². The lowest BCUT2D eigenvalue weighted by Gasteiger charge is -2.19. The molecule has 0 aromatic carbocycles. The number of nitriles is 2. The van der Waals surface area contributed by atoms with Crippen molar-refractivity contribution in [1.29, 1.82) is 10.5 Å². The van der Waals surface area contributed by atoms with Crippen molar-refractivity contribution in [2.45, 2.75) is 19.9 Å². The maximum Gasteiger partial charge on any atom is 0.0947 e. The first-order chi connectivity index (χ1) is 5.11. The van der Waals surface area contributed by atoms with Crippen molar-refractivity contribution >= 4 is 0 Å². The van der Waals surface area contributed by atoms with E-state index in [0.717, 1.165) is 0 Å². The molecule has 3 nitrogen and oxygen atoms in total. The second-order valence-electron chi connectivity index (χ2n) is 2.77. The van der Waals surface area contributed by atoms with Gasteiger partial charge in [-0.2, -0.15) is 10.5 Å². The fraction of sp³-hybridized carbons (Fsp3) is 0.750. The van der Waals surface area contributed by atoms with E-state index in [9.17, 15) is 0 Å². The lowest BCUT2D eigenvalue weighted by molar-refractivity contribution is 0.281. The normalized spacial score (nSPS) is 15.1. The molecule has 0 aliphatic carbocycles. The van der Waals surface area contributed by atoms with E-state index in [2.05, 4.69) is 12.1 Å². The lowest BCUT2D eigenvalue weighted by atomic mass is 10.2. The molecule has 0 aromatic rings. The zero-order valence-electron chi connectivity index (χ0n) is 7.20. The molecule has 0 aliphatic heterocycles. The summed E-state index contributed by atoms with van der Waals surface area (Å²) in [5, 5.41) is 17.0. The average molecular weight is 151 g/mol. The Morgan fingerprint density at radius 1 is 1.27 bits per heavy atom. The summed E-state index contributed by atoms with van der Waals surface area (Å²) in [6.45, 7) is 4.33. The Bertz CT molecular complexity index is 186. The molecule has 0 saturated heterocycles. The van der Waals surface area contributed by atoms with Gasteiger partial charge >= 0.3 is 0 Å². The van der Waals surface area contributed by atoms with Crippen LogP contribution in [0.4, 0.5) is 0 Å². The SMILES string of the molecule is CC(C#N)CN(C)C(C)C#N. The zero-order valence-corrected chi connectivity index (χ0v) is 7.20. The first-order valence-electron chi connectivity index (χ1n) is 3.61. The molecular weight excluding hydrogens is 138 g/mol. The molecule has 3 heteroatoms. The second kappa shape index (κ2) is 4.71. The highest BCUT2D eigenvalue weighted by Gasteiger charge is 2.10. The molecule has 2 atom stereocenters. The molecule has 0 saturated carbocycles. The Labute approximate surface area is 67.8 Å². The van der Waals surface area contributed by atoms with Crippen LogP contribution in [-0.4, -0.2) is 24.5 Å². The van der Waals surface area contributed by atoms with Crippen LogP contribution in [-0.2, 0) is 0 Å². The third kappa shape index (κ3) is 3.60. The highest BCUT2D eigenvalue weighted by atomic mass is 15.1. The number of rotatable bonds is 3. The summed E-state index contributed by atoms with van der Waals surface area (Å²) >= 11 is 0. The van der Waals surface area contributed by atoms with Gasteiger partial charge in [-0.1, -0.05) is 0 Å². The van der Waals surface area contributed by atoms with Crippen LogP contribution in [0.15, 0.2) is 0 Å². The van der Waals surface area contributed by atoms with Gasteiger partial charge < -0.3 is 0 Å². The molecule has 0 radical (unpaired) electrons. The molecule has 0 rings (SSSR count). The highest BCUT2D eigenvalue weighted by molar-refractivity contribution is 4.89. The number of nitrogens with zero attached hydrogens (tertiary/aromatic N) is 3. The van der Waals surface area contributed by atoms with Gasteiger partial charge in [-0.05, 0) is 20.9 Å². The predicted octanol–water partition coefficient (Wildman–Crippen LogP) is 0.990. The highest BCUT2D eigenvalue weighted by Crippen LogP contribution is 1.99. The van der Waals surface area contributed by atoms with Gasteiger partial charge in [0.1, 0.15) is 0 Å². The quantitative estimate of drug-likeness (QED) is 0.604. The van der Waals surface area contributed by atoms with Crippen molar-refractivity contribution in [1.82, 2.24) is 4.90 Å². The van der Waals surface area contributed by atoms with Gasteiger partial charge in [-0.25, -0.2) is 0 Å². The van der Waals surface area contributed by atoms with Gasteiger partial charge in [0.2, 0.25) is 0 Å². The molecule has 0 spiro atoms. The van der Waals surface area contributed by atoms with E-state index < -0.39 is 0 Å². The standard InChI is InChI=1S/C8H13N3/c1-7(4-9)6-11(3)8(2)5-10/h7-8H,6H2,1-3H3. The van der Waals surface area contributed by atoms with E-state index in [1.165, 1.54) is 0 Å². The Hall–Kier alpha value is -1.06. The Morgan fingerprint density at radius 3 is 2.18 bits per heavy atom. The molecule has 0 aromatic heterocycles. The van der Waals surface area contributed by atoms with Crippen molar-refractivity contribution in [3.05, 3.63) is 0 Å². The second-order valence-corrected chi connectivity index (χ2v) is 2.77. The fourth-order valence-corrected chi connectivity index (χ4v) is 0.729. The third-order valence-electron chi connectivity index (χ3n) is 1.63. The first-order valence-corrected chi connectivity index (χ1v) is 3.61. The van der Waals surface area contributed by atoms with Crippen molar-refractivity contribution < 1.29 is 0 Å². The zero-order chi connectivity index (χ0) is 8.85. The van der Waals surface area contributed by atoms with Crippen molar-refractivity contribution in [3.8, 4) is 12.1 Å². The van der Waals surface area contributed by atoms with Gasteiger partial charge in [-0.3, -0.25) is 4.90 Å². The smallest absolute Gasteiger partial charge is 0.0947 e. The summed E-state index contributed by atoms with van der Waals surface area (Å²) in [5.74, 6) is -0.00389. The molecule has 0 aliphatic rings. The molecule has 60 valence electrons. The predicted molar refractivity (Wildman–Crippen MR) is 42.5 cm³/mol. The van der Waals surface area contributed by atoms with Crippen LogP contribution < -0.4 is 0 Å². The van der Waals surface area contributed by atoms with Crippen LogP contribution in [0.1, 0.15) is 13.8 Å². The summed E-state index contributed by atoms with van der Waals surface area (Å²) < 4.78 is 0. The topological polar surface area (TPSA) is 50.8 Å². The first kappa shape index (κ1) is 9.94. The molecule has 2 unspecified atom stereocenters. The lowest BCUT2D eigenvalue weighted by Crippen LogP contribution is -2.31. The van der Waals surface area contributed by atoms with Crippen molar-refractivity contribution in [2.24, 2.45) is 5.92 Å². The van der Waals surface area contributed by atoms with Crippen LogP contribution in [0, 0.1) is 28.6 Å². The summed E-state index contributed by atoms with van der Waals surface area (Å²) in [7, 11) is 1.85. The molecule has 0 bridgehead atoms. The van der Waals surface area contributed by atoms with E-state index in [4.69, 9.17) is 10.5 Å². The van der Waals surface area contributed by atoms with Crippen molar-refractivity contribution in [3.63, 3.8) is 0 Å². The molecule has 11 heavy (non-hydrogen) atoms. The van der Waals surface area contributed by atoms with Crippen LogP contribution in [0.25, 0.3) is 0 Å². The monoisotopic (exact) mass is 151 g/mol. The molecule has 0 fully saturated rings. The summed E-state index contributed by atoms with van der Waals surface area (Å²) in [5.41, 5.74) is 0. The van der Waals surface area contributed by atoms with Gasteiger partial charge in [0.15, 0.2) is 0 Å². The fourth-order valence-electron chi connectivity index (χ4n) is 0.729. The maximum absolute atomic E-state index is 8.52. The molecule has 0 N–H and O–H groups in total. The van der Waals surface area contributed by atoms with E-state index in [1.807, 2.05) is 25.8 Å². The van der Waals surface area contributed by atoms with Crippen LogP contribution in [0.3, 0.4) is 0 Å². The van der Waals surface area contributed by atoms with Gasteiger partial charge in [0.05, 0.1) is 24.1 Å². The average Bonchev–Trinajstić information content (AvgIpc) is 2.02. The summed E-state index contributed by atoms with van der Waals surface area (Å²) in [6.07, 6.45) is 0. The minimum atomic E-state index is -0.106. The van der Waals surface area contributed by atoms with E-state index >= 15 is 0 Å². The van der Waals surface area contributed by atoms with E-state index in [-0.39, 0.29) is 12.0 Å². The van der Waals surface area contributed by atoms with Crippen LogP contribution in [0.2, 0.25) is 0 Å². The minimum Gasteiger partial charge on any atom is -0.290 e. The van der Waals surface area contributed by atoms with E-state index in [1.54, 1.807) is 0 Å². The molecule has 0 amide bonds. The van der Waals surface area contributed by atoms with Crippen LogP contribution >= 0.6 is 0 Å². The number of hydrogen-bond acceptors (Lipinski definition) is 3. The number of hydrogen-bond donors (Lipinski definition) is 0. The summed E-state index contributed by atoms with van der Waals surface area (Å²) in [4.78, 5) is 1.87. The van der Waals surface area contributed by atoms with Crippen molar-refractivity contribution in [2.75, 3.05) is 13.6 Å². The molecular formula is C8H13N3. The maximum atomic E-state index is 8.52. The Balaban J connectivity index is 3.81. The van der Waals surface area contributed by atoms with Gasteiger partial charge in [0, 0.05) is 6.54 Å². The van der Waals surface area contributed by atoms with E-state index in [0.29, 0.717) is 6.54 Å².